The SMILES string of the molecule is C.C=C(C)C(=O)O.CC1=C(C)c2c(sc(C)c2-c2ccccc2)C1.CC1=Cc2c(sc(C)c2-c2ccccc2)C1.Cc1sc2c(c1-c1ccccc1)C(O)C(C)C2.Cc1sccc1-c1ccccc1.Cc1sccc1Br.[AlH3].[Br-].[H-].[Li+].[Mg+2].[c-]1ccccc1. The zero-order valence-corrected chi connectivity index (χ0v) is 58.8. The van der Waals surface area contributed by atoms with Gasteiger partial charge in [-0.1, -0.05) is 159 Å². The Kier molecular flexibility index (Phi) is 35.1. The number of carboxylic acids is 1. The van der Waals surface area contributed by atoms with E-state index in [0.717, 1.165) is 19.3 Å². The quantitative estimate of drug-likeness (QED) is 0.103. The zero-order chi connectivity index (χ0) is 58.2. The molecule has 0 saturated carbocycles. The number of hydrogen-bond donors (Lipinski definition) is 2. The van der Waals surface area contributed by atoms with E-state index in [9.17, 15) is 9.90 Å². The van der Waals surface area contributed by atoms with Crippen LogP contribution < -0.4 is 35.8 Å². The standard InChI is InChI=1S/C16H16S.C15H16OS.C15H14S.C11H10S.C6H5.C5H5BrS.C4H6O2.CH4.Al.BrH.Li.Mg.4H/c1-10-9-14-15(11(10)2)16(12(3)17-14)13-7-5-4-6-8-13;1-9-8-12-14(15(9)16)13(10(2)17-12)11-6-4-3-5-7-11;1-10-8-13-14(9-10)16-11(2)15(13)12-6-4-3-5-7-12;1-9-11(7-8-12-9)10-5-3-2-4-6-10;1-2-4-6-5-3-1;1-4-5(6)2-3-7-4;1-3(2)4(5)6;;;;;;;;;/h4-8H,9H2,1-3H3;3-7,9,15-16H,8H2,1-2H3;3-8H,9H2,1-2H3;2-8H,1H3;1-5H;2-3H,1H3;1H2,2H3,(H,5,6);1H4;;1H;;;;;;/q;;;;-1;;;;;;+1;+2;;;;-1/p-1. The molecule has 13 rings (SSSR count). The first-order valence-electron chi connectivity index (χ1n) is 27.1. The molecule has 440 valence electrons. The Labute approximate surface area is 593 Å². The molecule has 3 aliphatic rings. The maximum atomic E-state index is 10.3. The van der Waals surface area contributed by atoms with Gasteiger partial charge in [-0.2, -0.15) is 36.4 Å². The first kappa shape index (κ1) is 78.2. The van der Waals surface area contributed by atoms with E-state index in [-0.39, 0.29) is 96.8 Å². The second kappa shape index (κ2) is 38.6. The van der Waals surface area contributed by atoms with Crippen molar-refractivity contribution in [3.05, 3.63) is 264 Å². The van der Waals surface area contributed by atoms with E-state index in [0.29, 0.717) is 5.92 Å². The molecule has 0 fully saturated rings. The van der Waals surface area contributed by atoms with Crippen molar-refractivity contribution in [2.24, 2.45) is 5.92 Å². The molecule has 2 N–H and O–H groups in total. The number of aryl methyl sites for hydroxylation is 5. The van der Waals surface area contributed by atoms with Crippen molar-refractivity contribution in [2.45, 2.75) is 102 Å². The molecule has 2 unspecified atom stereocenters. The molecule has 0 bridgehead atoms. The molecule has 0 saturated heterocycles. The molecule has 0 amide bonds. The molecule has 2 atom stereocenters. The third-order valence-corrected chi connectivity index (χ3v) is 20.2. The van der Waals surface area contributed by atoms with Crippen LogP contribution in [0.5, 0.6) is 0 Å². The van der Waals surface area contributed by atoms with Crippen molar-refractivity contribution in [1.82, 2.24) is 0 Å². The fourth-order valence-electron chi connectivity index (χ4n) is 9.83. The van der Waals surface area contributed by atoms with Crippen molar-refractivity contribution in [1.29, 1.82) is 0 Å². The van der Waals surface area contributed by atoms with Gasteiger partial charge in [0.05, 0.1) is 6.10 Å². The Bertz CT molecular complexity index is 3670. The predicted molar refractivity (Wildman–Crippen MR) is 383 cm³/mol. The van der Waals surface area contributed by atoms with Crippen LogP contribution in [0.3, 0.4) is 0 Å². The smallest absolute Gasteiger partial charge is 1.00 e. The van der Waals surface area contributed by atoms with Crippen molar-refractivity contribution < 1.29 is 52.3 Å². The topological polar surface area (TPSA) is 57.5 Å². The number of aliphatic hydroxyl groups is 1. The van der Waals surface area contributed by atoms with E-state index in [4.69, 9.17) is 5.11 Å². The maximum absolute atomic E-state index is 10.3. The van der Waals surface area contributed by atoms with Crippen molar-refractivity contribution in [2.75, 3.05) is 0 Å². The Morgan fingerprint density at radius 2 is 1.02 bits per heavy atom. The van der Waals surface area contributed by atoms with Gasteiger partial charge in [-0.15, -0.1) is 56.7 Å². The Hall–Kier alpha value is -3.89. The number of thiophene rings is 5. The molecule has 0 aliphatic heterocycles. The average Bonchev–Trinajstić information content (AvgIpc) is 2.41. The van der Waals surface area contributed by atoms with E-state index in [1.165, 1.54) is 123 Å². The van der Waals surface area contributed by atoms with E-state index in [1.807, 2.05) is 76.5 Å². The van der Waals surface area contributed by atoms with Gasteiger partial charge in [0.25, 0.3) is 0 Å². The van der Waals surface area contributed by atoms with Gasteiger partial charge in [0.2, 0.25) is 0 Å². The van der Waals surface area contributed by atoms with Gasteiger partial charge < -0.3 is 28.6 Å². The van der Waals surface area contributed by atoms with Gasteiger partial charge in [-0.3, -0.25) is 0 Å². The number of allylic oxidation sites excluding steroid dienone is 3. The second-order valence-electron chi connectivity index (χ2n) is 20.3. The molecule has 0 spiro atoms. The third kappa shape index (κ3) is 21.1. The molecule has 86 heavy (non-hydrogen) atoms. The minimum Gasteiger partial charge on any atom is -1.00 e. The molecule has 10 aromatic rings. The third-order valence-electron chi connectivity index (χ3n) is 14.1. The molecular weight excluding hydrogens is 1300 g/mol. The fourth-order valence-corrected chi connectivity index (χ4v) is 15.7. The molecule has 5 aromatic heterocycles. The first-order valence-corrected chi connectivity index (χ1v) is 32.1. The first-order chi connectivity index (χ1) is 38.9. The Morgan fingerprint density at radius 1 is 0.593 bits per heavy atom. The summed E-state index contributed by atoms with van der Waals surface area (Å²) in [5.41, 5.74) is 19.6. The van der Waals surface area contributed by atoms with Crippen LogP contribution in [0.25, 0.3) is 56.2 Å². The van der Waals surface area contributed by atoms with Gasteiger partial charge in [-0.05, 0) is 158 Å². The Balaban J connectivity index is 0.000000519. The van der Waals surface area contributed by atoms with E-state index in [2.05, 4.69) is 229 Å². The summed E-state index contributed by atoms with van der Waals surface area (Å²) in [7, 11) is 0. The number of halogens is 2. The summed E-state index contributed by atoms with van der Waals surface area (Å²) < 4.78 is 1.22. The summed E-state index contributed by atoms with van der Waals surface area (Å²) in [6.07, 6.45) is 5.38. The van der Waals surface area contributed by atoms with E-state index >= 15 is 0 Å². The van der Waals surface area contributed by atoms with Crippen LogP contribution in [0.15, 0.2) is 202 Å². The summed E-state index contributed by atoms with van der Waals surface area (Å²) in [6, 6.07) is 59.1. The number of benzene rings is 5. The molecule has 3 nitrogen and oxygen atoms in total. The number of fused-ring (bicyclic) bond motifs is 3. The van der Waals surface area contributed by atoms with Gasteiger partial charge >= 0.3 is 47.9 Å². The van der Waals surface area contributed by atoms with Crippen LogP contribution in [0.2, 0.25) is 0 Å². The number of rotatable bonds is 5. The molecule has 5 heterocycles. The monoisotopic (exact) mass is 1380 g/mol. The van der Waals surface area contributed by atoms with Crippen molar-refractivity contribution >= 4 is 131 Å². The summed E-state index contributed by atoms with van der Waals surface area (Å²) in [5, 5.41) is 22.4. The van der Waals surface area contributed by atoms with E-state index in [1.54, 1.807) is 27.6 Å². The predicted octanol–water partition coefficient (Wildman–Crippen LogP) is 15.6. The number of carboxylic acid groups (broad SMARTS) is 1. The summed E-state index contributed by atoms with van der Waals surface area (Å²) >= 11 is 12.7. The zero-order valence-electron chi connectivity index (χ0n) is 51.1. The van der Waals surface area contributed by atoms with Gasteiger partial charge in [-0.25, -0.2) is 4.79 Å². The maximum Gasteiger partial charge on any atom is 2.00 e. The molecule has 0 radical (unpaired) electrons. The number of aliphatic hydroxyl groups excluding tert-OH is 1. The number of hydrogen-bond acceptors (Lipinski definition) is 7. The fraction of sp³-hybridized carbons (Fsp3) is 0.219. The Morgan fingerprint density at radius 3 is 1.45 bits per heavy atom. The van der Waals surface area contributed by atoms with E-state index < -0.39 is 5.97 Å². The van der Waals surface area contributed by atoms with Crippen LogP contribution in [-0.2, 0) is 24.1 Å². The van der Waals surface area contributed by atoms with Gasteiger partial charge in [0.1, 0.15) is 0 Å². The van der Waals surface area contributed by atoms with Gasteiger partial charge in [0, 0.05) is 84.2 Å². The molecule has 5 aromatic carbocycles. The minimum atomic E-state index is -0.935. The summed E-state index contributed by atoms with van der Waals surface area (Å²) in [4.78, 5) is 21.0. The normalized spacial score (nSPS) is 13.1. The summed E-state index contributed by atoms with van der Waals surface area (Å²) in [5.74, 6) is -0.575. The average molecular weight is 1380 g/mol. The van der Waals surface area contributed by atoms with Crippen LogP contribution in [0, 0.1) is 46.6 Å². The number of carbonyl (C=O) groups is 1. The minimum absolute atomic E-state index is 0. The molecule has 3 aliphatic carbocycles. The largest absolute Gasteiger partial charge is 2.00 e. The van der Waals surface area contributed by atoms with Crippen molar-refractivity contribution in [3.8, 4) is 44.5 Å². The van der Waals surface area contributed by atoms with Crippen LogP contribution in [0.1, 0.15) is 105 Å². The van der Waals surface area contributed by atoms with Crippen LogP contribution in [-0.4, -0.2) is 56.6 Å². The van der Waals surface area contributed by atoms with Crippen LogP contribution in [0.4, 0.5) is 0 Å². The number of aliphatic carboxylic acids is 1. The summed E-state index contributed by atoms with van der Waals surface area (Å²) in [6.45, 7) is 24.3. The van der Waals surface area contributed by atoms with Crippen LogP contribution >= 0.6 is 72.6 Å². The second-order valence-corrected chi connectivity index (χ2v) is 27.3. The van der Waals surface area contributed by atoms with Gasteiger partial charge in [0.15, 0.2) is 17.4 Å². The van der Waals surface area contributed by atoms with Crippen molar-refractivity contribution in [3.63, 3.8) is 0 Å². The molecular formula is C73H80AlBr2LiMgO3S5. The molecule has 13 heteroatoms.